The first-order valence-corrected chi connectivity index (χ1v) is 17.6. The molecule has 0 saturated carbocycles. The average molecular weight is 600 g/mol. The van der Waals surface area contributed by atoms with Crippen molar-refractivity contribution in [3.05, 3.63) is 95.6 Å². The molecule has 0 radical (unpaired) electrons. The summed E-state index contributed by atoms with van der Waals surface area (Å²) in [6.45, 7) is 19.2. The topological polar surface area (TPSA) is 8.81 Å². The van der Waals surface area contributed by atoms with Crippen LogP contribution in [0.25, 0.3) is 48.3 Å². The highest BCUT2D eigenvalue weighted by Gasteiger charge is 2.56. The number of imidazole rings is 1. The van der Waals surface area contributed by atoms with E-state index in [0.717, 1.165) is 25.7 Å². The number of benzene rings is 4. The van der Waals surface area contributed by atoms with Crippen LogP contribution in [0.1, 0.15) is 84.9 Å². The van der Waals surface area contributed by atoms with Gasteiger partial charge in [0.05, 0.1) is 5.56 Å². The summed E-state index contributed by atoms with van der Waals surface area (Å²) in [7, 11) is 0. The van der Waals surface area contributed by atoms with Crippen molar-refractivity contribution in [2.45, 2.75) is 92.0 Å². The molecule has 0 spiro atoms. The minimum atomic E-state index is -0.0953. The van der Waals surface area contributed by atoms with Gasteiger partial charge in [0.1, 0.15) is 11.2 Å². The van der Waals surface area contributed by atoms with Crippen molar-refractivity contribution in [3.63, 3.8) is 0 Å². The van der Waals surface area contributed by atoms with Crippen LogP contribution >= 0.6 is 11.3 Å². The van der Waals surface area contributed by atoms with Crippen molar-refractivity contribution in [1.82, 2.24) is 4.57 Å². The van der Waals surface area contributed by atoms with Crippen molar-refractivity contribution in [2.75, 3.05) is 0 Å². The Balaban J connectivity index is 1.74. The number of hydrogen-bond acceptors (Lipinski definition) is 1. The Morgan fingerprint density at radius 2 is 1.43 bits per heavy atom. The number of rotatable bonds is 7. The third-order valence-corrected chi connectivity index (χ3v) is 12.1. The number of fused-ring (bicyclic) bond motifs is 8. The van der Waals surface area contributed by atoms with E-state index >= 15 is 0 Å². The normalized spacial score (nSPS) is 19.9. The third kappa shape index (κ3) is 4.01. The van der Waals surface area contributed by atoms with Gasteiger partial charge < -0.3 is 0 Å². The number of nitrogens with zero attached hydrogens (tertiary/aromatic N) is 2. The van der Waals surface area contributed by atoms with E-state index in [1.54, 1.807) is 0 Å². The first-order chi connectivity index (χ1) is 21.1. The van der Waals surface area contributed by atoms with Gasteiger partial charge in [0.2, 0.25) is 0 Å². The molecule has 0 aliphatic carbocycles. The average Bonchev–Trinajstić information content (AvgIpc) is 3.57. The molecule has 0 fully saturated rings. The van der Waals surface area contributed by atoms with E-state index in [0.29, 0.717) is 11.8 Å². The monoisotopic (exact) mass is 599 g/mol. The quantitative estimate of drug-likeness (QED) is 0.161. The van der Waals surface area contributed by atoms with Gasteiger partial charge in [-0.3, -0.25) is 0 Å². The highest BCUT2D eigenvalue weighted by Crippen LogP contribution is 2.52. The van der Waals surface area contributed by atoms with E-state index in [1.165, 1.54) is 65.0 Å². The van der Waals surface area contributed by atoms with Crippen LogP contribution < -0.4 is 4.57 Å². The summed E-state index contributed by atoms with van der Waals surface area (Å²) in [5.41, 5.74) is 9.74. The molecule has 0 saturated heterocycles. The van der Waals surface area contributed by atoms with Crippen molar-refractivity contribution in [3.8, 4) is 17.1 Å². The fraction of sp³-hybridized carbons (Fsp3) is 0.390. The maximum Gasteiger partial charge on any atom is 0.295 e. The Morgan fingerprint density at radius 1 is 0.773 bits per heavy atom. The van der Waals surface area contributed by atoms with E-state index in [1.807, 2.05) is 11.3 Å². The molecule has 1 aliphatic rings. The number of hydrogen-bond donors (Lipinski definition) is 0. The summed E-state index contributed by atoms with van der Waals surface area (Å²) in [6.07, 6.45) is 4.29. The van der Waals surface area contributed by atoms with Crippen LogP contribution in [0.3, 0.4) is 0 Å². The first kappa shape index (κ1) is 29.3. The largest absolute Gasteiger partial charge is 0.295 e. The van der Waals surface area contributed by atoms with Crippen LogP contribution in [-0.2, 0) is 23.8 Å². The summed E-state index contributed by atoms with van der Waals surface area (Å²) < 4.78 is 8.27. The van der Waals surface area contributed by atoms with Gasteiger partial charge in [0.25, 0.3) is 5.82 Å². The second-order valence-corrected chi connectivity index (χ2v) is 15.4. The third-order valence-electron chi connectivity index (χ3n) is 10.9. The minimum Gasteiger partial charge on any atom is -0.216 e. The fourth-order valence-electron chi connectivity index (χ4n) is 8.41. The minimum absolute atomic E-state index is 0.00273. The van der Waals surface area contributed by atoms with Crippen LogP contribution in [0.5, 0.6) is 0 Å². The van der Waals surface area contributed by atoms with Gasteiger partial charge in [0.15, 0.2) is 11.0 Å². The zero-order valence-electron chi connectivity index (χ0n) is 27.8. The zero-order valence-corrected chi connectivity index (χ0v) is 28.6. The van der Waals surface area contributed by atoms with Gasteiger partial charge in [-0.1, -0.05) is 103 Å². The Kier molecular flexibility index (Phi) is 7.05. The summed E-state index contributed by atoms with van der Waals surface area (Å²) in [6, 6.07) is 30.2. The Labute approximate surface area is 267 Å². The molecule has 2 nitrogen and oxygen atoms in total. The van der Waals surface area contributed by atoms with E-state index in [9.17, 15) is 0 Å². The maximum absolute atomic E-state index is 2.75. The van der Waals surface area contributed by atoms with E-state index < -0.39 is 0 Å². The van der Waals surface area contributed by atoms with Crippen LogP contribution in [-0.4, -0.2) is 4.57 Å². The van der Waals surface area contributed by atoms with Crippen LogP contribution in [0.15, 0.2) is 78.9 Å². The van der Waals surface area contributed by atoms with E-state index in [2.05, 4.69) is 143 Å². The van der Waals surface area contributed by atoms with Crippen molar-refractivity contribution in [2.24, 2.45) is 11.8 Å². The number of para-hydroxylation sites is 2. The second kappa shape index (κ2) is 10.6. The highest BCUT2D eigenvalue weighted by molar-refractivity contribution is 7.26. The zero-order chi connectivity index (χ0) is 31.0. The van der Waals surface area contributed by atoms with Crippen LogP contribution in [0, 0.1) is 11.8 Å². The molecular formula is C41H47N2S+. The summed E-state index contributed by atoms with van der Waals surface area (Å²) in [5, 5.41) is 2.82. The molecule has 4 aromatic carbocycles. The first-order valence-electron chi connectivity index (χ1n) is 16.8. The summed E-state index contributed by atoms with van der Waals surface area (Å²) >= 11 is 1.99. The van der Waals surface area contributed by atoms with Crippen LogP contribution in [0.4, 0.5) is 0 Å². The highest BCUT2D eigenvalue weighted by atomic mass is 32.1. The molecule has 3 heterocycles. The fourth-order valence-corrected chi connectivity index (χ4v) is 9.64. The standard InChI is InChI=1S/C41H47N2S/c1-9-40(7)32-19-13-11-17-30(32)39-42(33-20-14-15-21-34(33)43(39)41(40,8)10-2)37-28(23-26(3)4)25-29(24-27(5)6)38-36(37)31-18-12-16-22-35(31)44-38/h11-22,25-27H,9-10,23-24H2,1-8H3/q+1. The lowest BCUT2D eigenvalue weighted by Gasteiger charge is -2.47. The molecule has 0 amide bonds. The molecule has 44 heavy (non-hydrogen) atoms. The molecule has 6 aromatic rings. The molecule has 7 rings (SSSR count). The molecule has 2 unspecified atom stereocenters. The molecule has 0 N–H and O–H groups in total. The van der Waals surface area contributed by atoms with Gasteiger partial charge in [-0.15, -0.1) is 11.3 Å². The molecule has 2 aromatic heterocycles. The second-order valence-electron chi connectivity index (χ2n) is 14.4. The van der Waals surface area contributed by atoms with E-state index in [-0.39, 0.29) is 11.0 Å². The SMILES string of the molecule is CCC1(C)c2ccccc2-c2n(-c3c(CC(C)C)cc(CC(C)C)c4sc5ccccc5c34)c3ccccc3[n+]2C1(C)CC. The molecule has 2 atom stereocenters. The lowest BCUT2D eigenvalue weighted by Crippen LogP contribution is -2.67. The van der Waals surface area contributed by atoms with E-state index in [4.69, 9.17) is 0 Å². The van der Waals surface area contributed by atoms with Crippen molar-refractivity contribution in [1.29, 1.82) is 0 Å². The lowest BCUT2D eigenvalue weighted by atomic mass is 9.61. The number of aromatic nitrogens is 2. The van der Waals surface area contributed by atoms with Gasteiger partial charge in [-0.25, -0.2) is 4.57 Å². The predicted octanol–water partition coefficient (Wildman–Crippen LogP) is 11.2. The van der Waals surface area contributed by atoms with Crippen molar-refractivity contribution >= 4 is 42.5 Å². The molecule has 1 aliphatic heterocycles. The summed E-state index contributed by atoms with van der Waals surface area (Å²) in [4.78, 5) is 0. The predicted molar refractivity (Wildman–Crippen MR) is 190 cm³/mol. The maximum atomic E-state index is 2.75. The Hall–Kier alpha value is -3.43. The Bertz CT molecular complexity index is 2040. The number of thiophene rings is 1. The molecule has 3 heteroatoms. The smallest absolute Gasteiger partial charge is 0.216 e. The molecule has 0 bridgehead atoms. The van der Waals surface area contributed by atoms with Gasteiger partial charge in [-0.05, 0) is 79.8 Å². The molecule has 226 valence electrons. The summed E-state index contributed by atoms with van der Waals surface area (Å²) in [5.74, 6) is 2.47. The molecular weight excluding hydrogens is 553 g/mol. The Morgan fingerprint density at radius 3 is 2.16 bits per heavy atom. The lowest BCUT2D eigenvalue weighted by molar-refractivity contribution is -0.743. The van der Waals surface area contributed by atoms with Gasteiger partial charge in [0, 0.05) is 31.2 Å². The van der Waals surface area contributed by atoms with Crippen molar-refractivity contribution < 1.29 is 4.57 Å². The van der Waals surface area contributed by atoms with Gasteiger partial charge in [-0.2, -0.15) is 4.57 Å². The van der Waals surface area contributed by atoms with Crippen LogP contribution in [0.2, 0.25) is 0 Å². The van der Waals surface area contributed by atoms with Gasteiger partial charge >= 0.3 is 0 Å².